The lowest BCUT2D eigenvalue weighted by Gasteiger charge is -2.10. The van der Waals surface area contributed by atoms with E-state index >= 15 is 0 Å². The van der Waals surface area contributed by atoms with Crippen LogP contribution in [0.5, 0.6) is 5.75 Å². The highest BCUT2D eigenvalue weighted by Gasteiger charge is 2.13. The number of fused-ring (bicyclic) bond motifs is 1. The number of carbonyl (C=O) groups is 1. The third kappa shape index (κ3) is 3.54. The van der Waals surface area contributed by atoms with E-state index in [1.807, 2.05) is 19.1 Å². The second kappa shape index (κ2) is 7.40. The first-order valence-electron chi connectivity index (χ1n) is 7.72. The van der Waals surface area contributed by atoms with Crippen LogP contribution >= 0.6 is 11.3 Å². The van der Waals surface area contributed by atoms with Crippen LogP contribution in [-0.4, -0.2) is 17.5 Å². The summed E-state index contributed by atoms with van der Waals surface area (Å²) in [5.41, 5.74) is 0.399. The van der Waals surface area contributed by atoms with Crippen LogP contribution in [0.25, 0.3) is 10.2 Å². The zero-order valence-corrected chi connectivity index (χ0v) is 14.0. The van der Waals surface area contributed by atoms with Gasteiger partial charge in [0.2, 0.25) is 0 Å². The van der Waals surface area contributed by atoms with Crippen LogP contribution in [-0.2, 0) is 6.54 Å². The second-order valence-corrected chi connectivity index (χ2v) is 6.30. The number of pyridine rings is 1. The van der Waals surface area contributed by atoms with Crippen molar-refractivity contribution in [2.75, 3.05) is 6.61 Å². The number of benzene rings is 1. The first-order valence-corrected chi connectivity index (χ1v) is 8.53. The average Bonchev–Trinajstić information content (AvgIpc) is 3.04. The van der Waals surface area contributed by atoms with Crippen LogP contribution in [0.2, 0.25) is 0 Å². The van der Waals surface area contributed by atoms with Gasteiger partial charge in [-0.1, -0.05) is 25.1 Å². The Morgan fingerprint density at radius 1 is 1.33 bits per heavy atom. The van der Waals surface area contributed by atoms with Gasteiger partial charge in [0.25, 0.3) is 5.91 Å². The number of nitrogens with one attached hydrogen (secondary N) is 1. The molecule has 0 unspecified atom stereocenters. The first-order chi connectivity index (χ1) is 11.7. The predicted octanol–water partition coefficient (Wildman–Crippen LogP) is 4.15. The summed E-state index contributed by atoms with van der Waals surface area (Å²) in [6.07, 6.45) is 2.50. The van der Waals surface area contributed by atoms with E-state index in [1.165, 1.54) is 11.3 Å². The third-order valence-electron chi connectivity index (χ3n) is 3.46. The highest BCUT2D eigenvalue weighted by Crippen LogP contribution is 2.24. The normalized spacial score (nSPS) is 10.8. The topological polar surface area (TPSA) is 51.2 Å². The van der Waals surface area contributed by atoms with Crippen molar-refractivity contribution in [2.24, 2.45) is 0 Å². The summed E-state index contributed by atoms with van der Waals surface area (Å²) in [7, 11) is 0. The summed E-state index contributed by atoms with van der Waals surface area (Å²) in [6.45, 7) is 2.53. The number of carbonyl (C=O) groups excluding carboxylic acids is 1. The fourth-order valence-electron chi connectivity index (χ4n) is 2.26. The lowest BCUT2D eigenvalue weighted by Crippen LogP contribution is -2.22. The number of rotatable bonds is 6. The molecule has 3 aromatic rings. The van der Waals surface area contributed by atoms with Crippen LogP contribution in [0, 0.1) is 5.82 Å². The van der Waals surface area contributed by atoms with Crippen molar-refractivity contribution in [1.82, 2.24) is 10.3 Å². The zero-order chi connectivity index (χ0) is 16.9. The number of hydrogen-bond acceptors (Lipinski definition) is 4. The van der Waals surface area contributed by atoms with Crippen molar-refractivity contribution in [3.8, 4) is 5.75 Å². The maximum Gasteiger partial charge on any atom is 0.261 e. The molecule has 1 aromatic carbocycles. The standard InChI is InChI=1S/C18H17FN2O2S/c1-2-9-23-14-7-3-5-13(16(14)19)11-21-17(22)15-10-12-6-4-8-20-18(12)24-15/h3-8,10H,2,9,11H2,1H3,(H,21,22). The van der Waals surface area contributed by atoms with E-state index in [2.05, 4.69) is 10.3 Å². The molecule has 0 atom stereocenters. The second-order valence-electron chi connectivity index (χ2n) is 5.27. The Kier molecular flexibility index (Phi) is 5.05. The third-order valence-corrected chi connectivity index (χ3v) is 4.52. The summed E-state index contributed by atoms with van der Waals surface area (Å²) in [6, 6.07) is 10.5. The summed E-state index contributed by atoms with van der Waals surface area (Å²) < 4.78 is 19.7. The Balaban J connectivity index is 1.70. The van der Waals surface area contributed by atoms with Gasteiger partial charge < -0.3 is 10.1 Å². The molecular weight excluding hydrogens is 327 g/mol. The van der Waals surface area contributed by atoms with Crippen molar-refractivity contribution in [2.45, 2.75) is 19.9 Å². The number of ether oxygens (including phenoxy) is 1. The molecule has 0 fully saturated rings. The zero-order valence-electron chi connectivity index (χ0n) is 13.2. The molecule has 6 heteroatoms. The molecule has 2 aromatic heterocycles. The Morgan fingerprint density at radius 3 is 3.00 bits per heavy atom. The highest BCUT2D eigenvalue weighted by molar-refractivity contribution is 7.20. The molecule has 1 amide bonds. The summed E-state index contributed by atoms with van der Waals surface area (Å²) >= 11 is 1.32. The molecule has 0 saturated heterocycles. The van der Waals surface area contributed by atoms with Gasteiger partial charge in [-0.05, 0) is 24.6 Å². The van der Waals surface area contributed by atoms with Crippen LogP contribution in [0.3, 0.4) is 0 Å². The quantitative estimate of drug-likeness (QED) is 0.731. The molecule has 2 heterocycles. The van der Waals surface area contributed by atoms with E-state index in [4.69, 9.17) is 4.74 Å². The largest absolute Gasteiger partial charge is 0.491 e. The van der Waals surface area contributed by atoms with Gasteiger partial charge in [0.05, 0.1) is 11.5 Å². The van der Waals surface area contributed by atoms with E-state index in [-0.39, 0.29) is 18.2 Å². The van der Waals surface area contributed by atoms with Crippen molar-refractivity contribution >= 4 is 27.5 Å². The van der Waals surface area contributed by atoms with Gasteiger partial charge in [-0.3, -0.25) is 4.79 Å². The maximum absolute atomic E-state index is 14.3. The molecular formula is C18H17FN2O2S. The Hall–Kier alpha value is -2.47. The Labute approximate surface area is 143 Å². The van der Waals surface area contributed by atoms with E-state index in [0.29, 0.717) is 17.0 Å². The maximum atomic E-state index is 14.3. The number of halogens is 1. The van der Waals surface area contributed by atoms with Crippen molar-refractivity contribution in [3.05, 3.63) is 58.9 Å². The minimum atomic E-state index is -0.427. The number of aromatic nitrogens is 1. The lowest BCUT2D eigenvalue weighted by molar-refractivity contribution is 0.0954. The van der Waals surface area contributed by atoms with E-state index in [1.54, 1.807) is 30.5 Å². The average molecular weight is 344 g/mol. The van der Waals surface area contributed by atoms with Crippen molar-refractivity contribution in [1.29, 1.82) is 0 Å². The molecule has 0 aliphatic rings. The van der Waals surface area contributed by atoms with Crippen LogP contribution in [0.1, 0.15) is 28.6 Å². The van der Waals surface area contributed by atoms with Gasteiger partial charge in [0.15, 0.2) is 11.6 Å². The minimum Gasteiger partial charge on any atom is -0.491 e. The Bertz CT molecular complexity index is 830. The van der Waals surface area contributed by atoms with Crippen molar-refractivity contribution in [3.63, 3.8) is 0 Å². The van der Waals surface area contributed by atoms with E-state index in [9.17, 15) is 9.18 Å². The fourth-order valence-corrected chi connectivity index (χ4v) is 3.18. The van der Waals surface area contributed by atoms with Gasteiger partial charge in [0, 0.05) is 23.7 Å². The smallest absolute Gasteiger partial charge is 0.261 e. The number of thiophene rings is 1. The molecule has 0 spiro atoms. The van der Waals surface area contributed by atoms with Gasteiger partial charge >= 0.3 is 0 Å². The minimum absolute atomic E-state index is 0.107. The fraction of sp³-hybridized carbons (Fsp3) is 0.222. The van der Waals surface area contributed by atoms with E-state index in [0.717, 1.165) is 16.6 Å². The number of amides is 1. The molecule has 1 N–H and O–H groups in total. The molecule has 0 aliphatic carbocycles. The van der Waals surface area contributed by atoms with Crippen LogP contribution in [0.4, 0.5) is 4.39 Å². The molecule has 24 heavy (non-hydrogen) atoms. The number of hydrogen-bond donors (Lipinski definition) is 1. The van der Waals surface area contributed by atoms with Gasteiger partial charge in [0.1, 0.15) is 4.83 Å². The summed E-state index contributed by atoms with van der Waals surface area (Å²) in [5.74, 6) is -0.448. The van der Waals surface area contributed by atoms with Crippen LogP contribution < -0.4 is 10.1 Å². The first kappa shape index (κ1) is 16.4. The van der Waals surface area contributed by atoms with E-state index < -0.39 is 5.82 Å². The summed E-state index contributed by atoms with van der Waals surface area (Å²) in [4.78, 5) is 17.9. The molecule has 4 nitrogen and oxygen atoms in total. The SMILES string of the molecule is CCCOc1cccc(CNC(=O)c2cc3cccnc3s2)c1F. The van der Waals surface area contributed by atoms with Gasteiger partial charge in [-0.15, -0.1) is 11.3 Å². The van der Waals surface area contributed by atoms with Crippen molar-refractivity contribution < 1.29 is 13.9 Å². The van der Waals surface area contributed by atoms with Gasteiger partial charge in [-0.2, -0.15) is 0 Å². The molecule has 0 radical (unpaired) electrons. The highest BCUT2D eigenvalue weighted by atomic mass is 32.1. The molecule has 124 valence electrons. The monoisotopic (exact) mass is 344 g/mol. The van der Waals surface area contributed by atoms with Crippen LogP contribution in [0.15, 0.2) is 42.6 Å². The molecule has 0 aliphatic heterocycles. The molecule has 0 bridgehead atoms. The lowest BCUT2D eigenvalue weighted by atomic mass is 10.2. The molecule has 3 rings (SSSR count). The Morgan fingerprint density at radius 2 is 2.21 bits per heavy atom. The molecule has 0 saturated carbocycles. The predicted molar refractivity (Wildman–Crippen MR) is 93.0 cm³/mol. The van der Waals surface area contributed by atoms with Gasteiger partial charge in [-0.25, -0.2) is 9.37 Å². The summed E-state index contributed by atoms with van der Waals surface area (Å²) in [5, 5.41) is 3.67. The number of nitrogens with zero attached hydrogens (tertiary/aromatic N) is 1.